The summed E-state index contributed by atoms with van der Waals surface area (Å²) in [6, 6.07) is 27.2. The molecular formula is C38H38ClNNa2OS2. The van der Waals surface area contributed by atoms with E-state index in [-0.39, 0.29) is 75.7 Å². The van der Waals surface area contributed by atoms with Crippen molar-refractivity contribution in [2.75, 3.05) is 11.5 Å². The normalized spacial score (nSPS) is 16.8. The average Bonchev–Trinajstić information content (AvgIpc) is 3.93. The van der Waals surface area contributed by atoms with E-state index in [4.69, 9.17) is 16.6 Å². The minimum Gasteiger partial charge on any atom is -0.336 e. The van der Waals surface area contributed by atoms with Gasteiger partial charge in [-0.15, -0.1) is 22.6 Å². The van der Waals surface area contributed by atoms with Gasteiger partial charge in [-0.05, 0) is 78.3 Å². The summed E-state index contributed by atoms with van der Waals surface area (Å²) in [6.07, 6.45) is 8.85. The number of aryl methyl sites for hydroxylation is 1. The Balaban J connectivity index is 0.00000230. The first-order valence-corrected chi connectivity index (χ1v) is 17.5. The Morgan fingerprint density at radius 2 is 1.64 bits per heavy atom. The minimum atomic E-state index is 0. The summed E-state index contributed by atoms with van der Waals surface area (Å²) in [4.78, 5) is 18.5. The largest absolute Gasteiger partial charge is 1.00 e. The number of nitrogens with zero attached hydrogens (tertiary/aromatic N) is 1. The SMILES string of the molecule is [CH2-]C1(CS/C(=C\c2ccc3ccc(Cl)cc3n2)c2cccc([C@@H](CCc3ccccc3C(C)=O)SCC3([CH2-])CC3)c2)CC1.[Na+].[Na+]. The summed E-state index contributed by atoms with van der Waals surface area (Å²) in [5.41, 5.74) is 6.74. The van der Waals surface area contributed by atoms with E-state index in [1.54, 1.807) is 6.92 Å². The van der Waals surface area contributed by atoms with E-state index >= 15 is 0 Å². The molecule has 0 bridgehead atoms. The number of hydrogen-bond acceptors (Lipinski definition) is 4. The van der Waals surface area contributed by atoms with Gasteiger partial charge in [0.2, 0.25) is 0 Å². The van der Waals surface area contributed by atoms with Gasteiger partial charge in [0.1, 0.15) is 0 Å². The molecule has 2 nitrogen and oxygen atoms in total. The van der Waals surface area contributed by atoms with Crippen LogP contribution in [-0.2, 0) is 6.42 Å². The van der Waals surface area contributed by atoms with Crippen molar-refractivity contribution < 1.29 is 63.9 Å². The van der Waals surface area contributed by atoms with E-state index in [1.165, 1.54) is 41.7 Å². The zero-order chi connectivity index (χ0) is 30.0. The van der Waals surface area contributed by atoms with Crippen LogP contribution in [0.4, 0.5) is 0 Å². The zero-order valence-electron chi connectivity index (χ0n) is 26.8. The first kappa shape index (κ1) is 37.3. The number of benzene rings is 3. The van der Waals surface area contributed by atoms with Crippen LogP contribution in [0.25, 0.3) is 21.9 Å². The number of ketones is 1. The van der Waals surface area contributed by atoms with Crippen LogP contribution in [-0.4, -0.2) is 22.3 Å². The summed E-state index contributed by atoms with van der Waals surface area (Å²) in [5, 5.41) is 2.09. The van der Waals surface area contributed by atoms with Gasteiger partial charge >= 0.3 is 59.1 Å². The second kappa shape index (κ2) is 16.2. The van der Waals surface area contributed by atoms with Gasteiger partial charge in [-0.1, -0.05) is 91.9 Å². The summed E-state index contributed by atoms with van der Waals surface area (Å²) >= 11 is 10.2. The monoisotopic (exact) mass is 669 g/mol. The molecule has 0 saturated heterocycles. The Bertz CT molecular complexity index is 1680. The molecule has 0 unspecified atom stereocenters. The number of carbonyl (C=O) groups excluding carboxylic acids is 1. The third kappa shape index (κ3) is 10.2. The van der Waals surface area contributed by atoms with Gasteiger partial charge in [-0.2, -0.15) is 11.8 Å². The molecule has 4 aromatic rings. The van der Waals surface area contributed by atoms with Crippen LogP contribution in [0.15, 0.2) is 78.9 Å². The molecule has 0 amide bonds. The average molecular weight is 670 g/mol. The van der Waals surface area contributed by atoms with E-state index in [1.807, 2.05) is 59.9 Å². The summed E-state index contributed by atoms with van der Waals surface area (Å²) in [6.45, 7) is 10.6. The first-order valence-electron chi connectivity index (χ1n) is 15.1. The second-order valence-electron chi connectivity index (χ2n) is 12.5. The maximum absolute atomic E-state index is 12.3. The standard InChI is InChI=1S/C38H38ClNOS2.2Na/c1-26(41)33-10-5-4-7-27(33)13-16-35(42-24-37(2)17-18-37)29-8-6-9-30(21-29)36(43-25-38(3)19-20-38)23-32-15-12-28-11-14-31(39)22-34(28)40-32;;/h4-12,14-15,21-23,35H,2-3,13,16-20,24-25H2,1H3;;/q-2;2*+1/b36-23-;;/t35-;;/m1../s1. The van der Waals surface area contributed by atoms with Crippen LogP contribution in [0.3, 0.4) is 0 Å². The number of halogens is 1. The zero-order valence-corrected chi connectivity index (χ0v) is 33.2. The molecule has 0 radical (unpaired) electrons. The van der Waals surface area contributed by atoms with Gasteiger partial charge in [-0.25, -0.2) is 4.98 Å². The van der Waals surface area contributed by atoms with Gasteiger partial charge < -0.3 is 13.8 Å². The van der Waals surface area contributed by atoms with Crippen molar-refractivity contribution in [2.24, 2.45) is 10.8 Å². The van der Waals surface area contributed by atoms with E-state index in [0.717, 1.165) is 52.1 Å². The fraction of sp³-hybridized carbons (Fsp3) is 0.316. The van der Waals surface area contributed by atoms with E-state index in [2.05, 4.69) is 62.4 Å². The number of aromatic nitrogens is 1. The Morgan fingerprint density at radius 1 is 0.933 bits per heavy atom. The predicted molar refractivity (Wildman–Crippen MR) is 188 cm³/mol. The first-order chi connectivity index (χ1) is 20.7. The van der Waals surface area contributed by atoms with E-state index in [9.17, 15) is 4.79 Å². The Morgan fingerprint density at radius 3 is 2.38 bits per heavy atom. The molecule has 1 atom stereocenters. The molecule has 3 aromatic carbocycles. The molecule has 0 N–H and O–H groups in total. The van der Waals surface area contributed by atoms with Gasteiger partial charge in [0, 0.05) is 26.1 Å². The molecular weight excluding hydrogens is 632 g/mol. The van der Waals surface area contributed by atoms with Crippen molar-refractivity contribution in [2.45, 2.75) is 50.7 Å². The van der Waals surface area contributed by atoms with E-state index in [0.29, 0.717) is 10.3 Å². The summed E-state index contributed by atoms with van der Waals surface area (Å²) in [5.74, 6) is 2.18. The number of Topliss-reactive ketones (excluding diaryl/α,β-unsaturated/α-hetero) is 1. The molecule has 7 heteroatoms. The van der Waals surface area contributed by atoms with Crippen molar-refractivity contribution in [3.63, 3.8) is 0 Å². The molecule has 222 valence electrons. The van der Waals surface area contributed by atoms with Crippen LogP contribution in [0.2, 0.25) is 5.02 Å². The van der Waals surface area contributed by atoms with Crippen molar-refractivity contribution in [3.05, 3.63) is 126 Å². The Hall–Kier alpha value is -0.530. The third-order valence-electron chi connectivity index (χ3n) is 8.61. The Kier molecular flexibility index (Phi) is 13.5. The van der Waals surface area contributed by atoms with Crippen LogP contribution < -0.4 is 59.1 Å². The van der Waals surface area contributed by atoms with Crippen LogP contribution in [0, 0.1) is 24.7 Å². The maximum Gasteiger partial charge on any atom is 1.00 e. The quantitative estimate of drug-likeness (QED) is 0.114. The molecule has 1 heterocycles. The fourth-order valence-corrected chi connectivity index (χ4v) is 8.17. The van der Waals surface area contributed by atoms with Crippen molar-refractivity contribution in [3.8, 4) is 0 Å². The van der Waals surface area contributed by atoms with Gasteiger partial charge in [0.25, 0.3) is 0 Å². The molecule has 6 rings (SSSR count). The number of thioether (sulfide) groups is 2. The number of carbonyl (C=O) groups is 1. The number of pyridine rings is 1. The number of rotatable bonds is 13. The molecule has 0 aliphatic heterocycles. The summed E-state index contributed by atoms with van der Waals surface area (Å²) < 4.78 is 0. The van der Waals surface area contributed by atoms with Crippen LogP contribution in [0.5, 0.6) is 0 Å². The van der Waals surface area contributed by atoms with Gasteiger partial charge in [-0.3, -0.25) is 4.79 Å². The van der Waals surface area contributed by atoms with Crippen LogP contribution in [0.1, 0.15) is 77.0 Å². The van der Waals surface area contributed by atoms with Gasteiger partial charge in [0.15, 0.2) is 5.78 Å². The smallest absolute Gasteiger partial charge is 0.336 e. The number of fused-ring (bicyclic) bond motifs is 1. The predicted octanol–water partition coefficient (Wildman–Crippen LogP) is 4.97. The van der Waals surface area contributed by atoms with Gasteiger partial charge in [0.05, 0.1) is 11.2 Å². The molecule has 2 fully saturated rings. The molecule has 45 heavy (non-hydrogen) atoms. The second-order valence-corrected chi connectivity index (χ2v) is 15.2. The minimum absolute atomic E-state index is 0. The molecule has 1 aromatic heterocycles. The van der Waals surface area contributed by atoms with Crippen molar-refractivity contribution >= 4 is 62.8 Å². The van der Waals surface area contributed by atoms with E-state index < -0.39 is 0 Å². The van der Waals surface area contributed by atoms with Crippen LogP contribution >= 0.6 is 35.1 Å². The number of hydrogen-bond donors (Lipinski definition) is 0. The summed E-state index contributed by atoms with van der Waals surface area (Å²) in [7, 11) is 0. The molecule has 2 saturated carbocycles. The van der Waals surface area contributed by atoms with Crippen molar-refractivity contribution in [1.82, 2.24) is 4.98 Å². The third-order valence-corrected chi connectivity index (χ3v) is 12.0. The Labute approximate surface area is 326 Å². The topological polar surface area (TPSA) is 30.0 Å². The maximum atomic E-state index is 12.3. The molecule has 2 aliphatic rings. The fourth-order valence-electron chi connectivity index (χ4n) is 5.29. The molecule has 2 aliphatic carbocycles. The van der Waals surface area contributed by atoms with Crippen molar-refractivity contribution in [1.29, 1.82) is 0 Å². The molecule has 0 spiro atoms.